The molecule has 0 spiro atoms. The van der Waals surface area contributed by atoms with Gasteiger partial charge < -0.3 is 51.4 Å². The van der Waals surface area contributed by atoms with Gasteiger partial charge in [0.25, 0.3) is 5.91 Å². The Labute approximate surface area is 530 Å². The van der Waals surface area contributed by atoms with E-state index >= 15 is 0 Å². The van der Waals surface area contributed by atoms with Gasteiger partial charge in [-0.2, -0.15) is 0 Å². The van der Waals surface area contributed by atoms with Gasteiger partial charge in [0.15, 0.2) is 35.2 Å². The minimum atomic E-state index is -1.12. The number of primary amides is 1. The first-order valence-electron chi connectivity index (χ1n) is 33.5. The number of amides is 1. The van der Waals surface area contributed by atoms with Crippen LogP contribution < -0.4 is 42.1 Å². The number of anilines is 8. The van der Waals surface area contributed by atoms with Gasteiger partial charge in [-0.3, -0.25) is 39.7 Å². The SMILES string of the molecule is CCc1cc(Nc2nc(NC3CCOCC3)c(-c3ccccn3)nc2C(N)=O)ccc1N1CCC(N2CCN(CNC(O)c3nc(-c4ccccn4)c(NC4CCOCC4)nc3Nc3ccc(N4CCC(N5CCN(C6CC6)CC5)CC4)c(CC)c3)CC2)CC1. The van der Waals surface area contributed by atoms with Crippen LogP contribution in [0.15, 0.2) is 85.2 Å². The van der Waals surface area contributed by atoms with Gasteiger partial charge in [0.05, 0.1) is 18.1 Å². The molecule has 13 rings (SSSR count). The van der Waals surface area contributed by atoms with Crippen LogP contribution in [0.25, 0.3) is 22.8 Å². The van der Waals surface area contributed by atoms with Gasteiger partial charge in [0.2, 0.25) is 0 Å². The lowest BCUT2D eigenvalue weighted by molar-refractivity contribution is 0.0571. The fourth-order valence-electron chi connectivity index (χ4n) is 14.3. The minimum Gasteiger partial charge on any atom is -0.381 e. The van der Waals surface area contributed by atoms with Crippen molar-refractivity contribution in [3.63, 3.8) is 0 Å². The second-order valence-corrected chi connectivity index (χ2v) is 25.4. The topological polar surface area (TPSA) is 239 Å². The molecule has 10 heterocycles. The lowest BCUT2D eigenvalue weighted by Gasteiger charge is -2.43. The summed E-state index contributed by atoms with van der Waals surface area (Å²) in [5, 5.41) is 30.2. The molecular formula is C68H92N18O4. The minimum absolute atomic E-state index is 0.0517. The van der Waals surface area contributed by atoms with E-state index in [0.29, 0.717) is 96.9 Å². The molecule has 22 heteroatoms. The second-order valence-electron chi connectivity index (χ2n) is 25.4. The Hall–Kier alpha value is -7.15. The fraction of sp³-hybridized carbons (Fsp3) is 0.544. The fourth-order valence-corrected chi connectivity index (χ4v) is 14.3. The Morgan fingerprint density at radius 3 is 1.46 bits per heavy atom. The number of hydrogen-bond donors (Lipinski definition) is 7. The van der Waals surface area contributed by atoms with Gasteiger partial charge in [0, 0.05) is 170 Å². The smallest absolute Gasteiger partial charge is 0.271 e. The van der Waals surface area contributed by atoms with Gasteiger partial charge in [-0.05, 0) is 149 Å². The number of hydrogen-bond acceptors (Lipinski definition) is 21. The number of piperazine rings is 2. The van der Waals surface area contributed by atoms with Gasteiger partial charge >= 0.3 is 0 Å². The molecule has 7 aliphatic rings. The summed E-state index contributed by atoms with van der Waals surface area (Å²) < 4.78 is 11.4. The third-order valence-corrected chi connectivity index (χ3v) is 19.7. The molecule has 7 fully saturated rings. The van der Waals surface area contributed by atoms with E-state index in [1.54, 1.807) is 12.4 Å². The van der Waals surface area contributed by atoms with Crippen molar-refractivity contribution in [3.05, 3.63) is 108 Å². The zero-order valence-electron chi connectivity index (χ0n) is 52.7. The highest BCUT2D eigenvalue weighted by Crippen LogP contribution is 2.37. The third-order valence-electron chi connectivity index (χ3n) is 19.7. The Balaban J connectivity index is 0.644. The Kier molecular flexibility index (Phi) is 19.9. The van der Waals surface area contributed by atoms with E-state index in [2.05, 4.69) is 111 Å². The highest BCUT2D eigenvalue weighted by atomic mass is 16.5. The van der Waals surface area contributed by atoms with E-state index in [4.69, 9.17) is 40.1 Å². The van der Waals surface area contributed by atoms with E-state index in [1.807, 2.05) is 36.4 Å². The summed E-state index contributed by atoms with van der Waals surface area (Å²) in [4.78, 5) is 58.2. The second kappa shape index (κ2) is 29.0. The Morgan fingerprint density at radius 1 is 0.544 bits per heavy atom. The van der Waals surface area contributed by atoms with Crippen LogP contribution in [0.3, 0.4) is 0 Å². The lowest BCUT2D eigenvalue weighted by atomic mass is 9.99. The summed E-state index contributed by atoms with van der Waals surface area (Å²) >= 11 is 0. The molecule has 2 aromatic carbocycles. The number of carbonyl (C=O) groups is 1. The summed E-state index contributed by atoms with van der Waals surface area (Å²) in [7, 11) is 0. The summed E-state index contributed by atoms with van der Waals surface area (Å²) in [6, 6.07) is 26.8. The molecule has 478 valence electrons. The molecule has 0 radical (unpaired) electrons. The van der Waals surface area contributed by atoms with Crippen molar-refractivity contribution in [3.8, 4) is 22.8 Å². The number of aliphatic hydroxyl groups is 1. The van der Waals surface area contributed by atoms with Crippen LogP contribution in [0, 0.1) is 0 Å². The van der Waals surface area contributed by atoms with Crippen molar-refractivity contribution in [1.82, 2.24) is 54.8 Å². The average molecular weight is 1230 g/mol. The molecule has 0 bridgehead atoms. The van der Waals surface area contributed by atoms with E-state index in [-0.39, 0.29) is 17.8 Å². The van der Waals surface area contributed by atoms with Crippen LogP contribution in [0.2, 0.25) is 0 Å². The van der Waals surface area contributed by atoms with E-state index in [9.17, 15) is 9.90 Å². The number of benzene rings is 2. The summed E-state index contributed by atoms with van der Waals surface area (Å²) in [5.74, 6) is 1.30. The Bertz CT molecular complexity index is 3340. The van der Waals surface area contributed by atoms with E-state index < -0.39 is 12.1 Å². The van der Waals surface area contributed by atoms with Crippen molar-refractivity contribution < 1.29 is 19.4 Å². The lowest BCUT2D eigenvalue weighted by Crippen LogP contribution is -2.54. The van der Waals surface area contributed by atoms with Crippen molar-refractivity contribution >= 4 is 51.9 Å². The number of ether oxygens (including phenoxy) is 2. The predicted octanol–water partition coefficient (Wildman–Crippen LogP) is 7.86. The van der Waals surface area contributed by atoms with Crippen molar-refractivity contribution in [2.24, 2.45) is 5.73 Å². The average Bonchev–Trinajstić information content (AvgIpc) is 1.57. The van der Waals surface area contributed by atoms with Crippen LogP contribution in [0.5, 0.6) is 0 Å². The quantitative estimate of drug-likeness (QED) is 0.0320. The molecule has 1 saturated carbocycles. The molecule has 6 aromatic rings. The first-order valence-corrected chi connectivity index (χ1v) is 33.5. The summed E-state index contributed by atoms with van der Waals surface area (Å²) in [5.41, 5.74) is 15.6. The van der Waals surface area contributed by atoms with Crippen molar-refractivity contribution in [1.29, 1.82) is 0 Å². The van der Waals surface area contributed by atoms with Crippen LogP contribution in [0.1, 0.15) is 112 Å². The van der Waals surface area contributed by atoms with Crippen LogP contribution in [-0.4, -0.2) is 202 Å². The van der Waals surface area contributed by atoms with Crippen LogP contribution >= 0.6 is 0 Å². The van der Waals surface area contributed by atoms with Gasteiger partial charge in [-0.25, -0.2) is 19.9 Å². The molecule has 6 saturated heterocycles. The zero-order chi connectivity index (χ0) is 61.3. The number of rotatable bonds is 22. The van der Waals surface area contributed by atoms with E-state index in [1.165, 1.54) is 74.4 Å². The molecule has 1 atom stereocenters. The number of aliphatic hydroxyl groups excluding tert-OH is 1. The van der Waals surface area contributed by atoms with Crippen LogP contribution in [0.4, 0.5) is 46.0 Å². The number of nitrogens with two attached hydrogens (primary N) is 1. The molecule has 1 unspecified atom stereocenters. The maximum atomic E-state index is 13.0. The largest absolute Gasteiger partial charge is 0.381 e. The molecular weight excluding hydrogens is 1130 g/mol. The maximum Gasteiger partial charge on any atom is 0.271 e. The van der Waals surface area contributed by atoms with Gasteiger partial charge in [0.1, 0.15) is 17.1 Å². The molecule has 1 amide bonds. The van der Waals surface area contributed by atoms with Crippen molar-refractivity contribution in [2.45, 2.75) is 127 Å². The molecule has 1 aliphatic carbocycles. The third kappa shape index (κ3) is 14.8. The first kappa shape index (κ1) is 61.7. The number of nitrogens with zero attached hydrogens (tertiary/aromatic N) is 12. The number of aromatic nitrogens is 6. The first-order chi connectivity index (χ1) is 44.2. The molecule has 8 N–H and O–H groups in total. The number of carbonyl (C=O) groups excluding carboxylic acids is 1. The standard InChI is InChI=1S/C68H92N18O4/c1-3-46-43-50(75-66-61(63(69)87)77-59(55-9-5-7-25-70-55)64(79-66)73-48-21-39-89-40-22-48)11-15-57(46)85-27-17-53(18-28-85)82-33-31-81(32-34-82)45-72-68(88)62-67(80-65(74-49-23-41-90-42-24-49)60(78-62)56-10-6-8-26-71-56)76-51-12-16-58(47(4-2)44-51)86-29-19-54(20-30-86)84-37-35-83(36-38-84)52-13-14-52/h5-12,15-16,25-26,43-44,48-49,52-54,68,72,88H,3-4,13-14,17-24,27-42,45H2,1-2H3,(H2,69,87)(H2,73,75,79)(H2,74,76,80). The molecule has 4 aromatic heterocycles. The molecule has 90 heavy (non-hydrogen) atoms. The highest BCUT2D eigenvalue weighted by molar-refractivity contribution is 5.97. The highest BCUT2D eigenvalue weighted by Gasteiger charge is 2.35. The number of nitrogens with one attached hydrogen (secondary N) is 5. The summed E-state index contributed by atoms with van der Waals surface area (Å²) in [6.07, 6.45) is 14.8. The molecule has 22 nitrogen and oxygen atoms in total. The zero-order valence-corrected chi connectivity index (χ0v) is 52.7. The number of aryl methyl sites for hydroxylation is 2. The van der Waals surface area contributed by atoms with Gasteiger partial charge in [-0.1, -0.05) is 26.0 Å². The predicted molar refractivity (Wildman–Crippen MR) is 355 cm³/mol. The monoisotopic (exact) mass is 1220 g/mol. The Morgan fingerprint density at radius 2 is 1.00 bits per heavy atom. The normalized spacial score (nSPS) is 20.5. The maximum absolute atomic E-state index is 13.0. The summed E-state index contributed by atoms with van der Waals surface area (Å²) in [6.45, 7) is 20.1. The number of pyridine rings is 2. The van der Waals surface area contributed by atoms with Gasteiger partial charge in [-0.15, -0.1) is 0 Å². The molecule has 6 aliphatic heterocycles. The number of piperidine rings is 2. The van der Waals surface area contributed by atoms with Crippen molar-refractivity contribution in [2.75, 3.05) is 143 Å². The van der Waals surface area contributed by atoms with Crippen LogP contribution in [-0.2, 0) is 22.3 Å². The van der Waals surface area contributed by atoms with E-state index in [0.717, 1.165) is 121 Å².